The number of imidazole rings is 1. The molecule has 0 saturated carbocycles. The first kappa shape index (κ1) is 17.5. The van der Waals surface area contributed by atoms with Gasteiger partial charge in [0.25, 0.3) is 5.91 Å². The van der Waals surface area contributed by atoms with Crippen molar-refractivity contribution in [2.45, 2.75) is 52.1 Å². The van der Waals surface area contributed by atoms with Crippen molar-refractivity contribution in [1.29, 1.82) is 0 Å². The molecule has 0 aliphatic carbocycles. The molecule has 1 amide bonds. The minimum atomic E-state index is 0.0937. The molecule has 0 N–H and O–H groups in total. The molecule has 1 aliphatic rings. The van der Waals surface area contributed by atoms with E-state index in [0.29, 0.717) is 6.04 Å². The number of carbonyl (C=O) groups excluding carboxylic acids is 1. The van der Waals surface area contributed by atoms with Gasteiger partial charge in [-0.3, -0.25) is 4.79 Å². The molecule has 1 saturated heterocycles. The van der Waals surface area contributed by atoms with Crippen LogP contribution in [0.5, 0.6) is 5.75 Å². The molecule has 5 heteroatoms. The first-order valence-electron chi connectivity index (χ1n) is 9.09. The van der Waals surface area contributed by atoms with Crippen molar-refractivity contribution in [1.82, 2.24) is 14.5 Å². The number of likely N-dealkylation sites (tertiary alicyclic amines) is 1. The summed E-state index contributed by atoms with van der Waals surface area (Å²) in [6, 6.07) is 6.26. The number of aryl methyl sites for hydroxylation is 2. The summed E-state index contributed by atoms with van der Waals surface area (Å²) in [5.41, 5.74) is 2.28. The molecule has 25 heavy (non-hydrogen) atoms. The van der Waals surface area contributed by atoms with Crippen LogP contribution in [0.25, 0.3) is 0 Å². The van der Waals surface area contributed by atoms with E-state index in [9.17, 15) is 4.79 Å². The van der Waals surface area contributed by atoms with Gasteiger partial charge in [0.05, 0.1) is 6.33 Å². The largest absolute Gasteiger partial charge is 0.483 e. The van der Waals surface area contributed by atoms with E-state index in [1.807, 2.05) is 36.5 Å². The Morgan fingerprint density at radius 2 is 2.20 bits per heavy atom. The van der Waals surface area contributed by atoms with Crippen molar-refractivity contribution >= 4 is 5.91 Å². The van der Waals surface area contributed by atoms with Crippen LogP contribution in [0, 0.1) is 13.8 Å². The number of rotatable bonds is 6. The van der Waals surface area contributed by atoms with E-state index in [0.717, 1.165) is 43.7 Å². The lowest BCUT2D eigenvalue weighted by molar-refractivity contribution is -0.137. The topological polar surface area (TPSA) is 47.4 Å². The molecular formula is C20H27N3O2. The van der Waals surface area contributed by atoms with E-state index >= 15 is 0 Å². The predicted octanol–water partition coefficient (Wildman–Crippen LogP) is 3.35. The number of hydrogen-bond acceptors (Lipinski definition) is 3. The highest BCUT2D eigenvalue weighted by Gasteiger charge is 2.26. The Labute approximate surface area is 149 Å². The number of ether oxygens (including phenoxy) is 1. The molecule has 134 valence electrons. The average Bonchev–Trinajstić information content (AvgIpc) is 3.15. The molecule has 0 radical (unpaired) electrons. The number of aromatic nitrogens is 2. The summed E-state index contributed by atoms with van der Waals surface area (Å²) < 4.78 is 7.90. The van der Waals surface area contributed by atoms with E-state index in [4.69, 9.17) is 4.74 Å². The van der Waals surface area contributed by atoms with Crippen LogP contribution in [0.1, 0.15) is 36.8 Å². The van der Waals surface area contributed by atoms with E-state index < -0.39 is 0 Å². The minimum Gasteiger partial charge on any atom is -0.483 e. The summed E-state index contributed by atoms with van der Waals surface area (Å²) >= 11 is 0. The van der Waals surface area contributed by atoms with Crippen LogP contribution in [0.15, 0.2) is 36.9 Å². The van der Waals surface area contributed by atoms with Crippen molar-refractivity contribution in [3.8, 4) is 5.75 Å². The standard InChI is InChI=1S/C20H27N3O2/c1-16-6-5-8-19(17(16)2)25-14-20(24)23-11-4-3-7-18(23)9-12-22-13-10-21-15-22/h5-6,8,10,13,15,18H,3-4,7,9,11-12,14H2,1-2H3/t18-/m1/s1. The Morgan fingerprint density at radius 1 is 1.32 bits per heavy atom. The van der Waals surface area contributed by atoms with Crippen LogP contribution >= 0.6 is 0 Å². The Morgan fingerprint density at radius 3 is 3.00 bits per heavy atom. The van der Waals surface area contributed by atoms with Gasteiger partial charge in [0, 0.05) is 31.5 Å². The third kappa shape index (κ3) is 4.41. The quantitative estimate of drug-likeness (QED) is 0.809. The highest BCUT2D eigenvalue weighted by Crippen LogP contribution is 2.23. The second-order valence-electron chi connectivity index (χ2n) is 6.81. The molecule has 0 spiro atoms. The molecule has 1 aromatic heterocycles. The molecule has 1 aromatic carbocycles. The molecule has 2 heterocycles. The second kappa shape index (κ2) is 8.19. The molecule has 0 unspecified atom stereocenters. The lowest BCUT2D eigenvalue weighted by Crippen LogP contribution is -2.46. The second-order valence-corrected chi connectivity index (χ2v) is 6.81. The highest BCUT2D eigenvalue weighted by molar-refractivity contribution is 5.78. The van der Waals surface area contributed by atoms with E-state index in [-0.39, 0.29) is 12.5 Å². The summed E-state index contributed by atoms with van der Waals surface area (Å²) in [7, 11) is 0. The fraction of sp³-hybridized carbons (Fsp3) is 0.500. The van der Waals surface area contributed by atoms with Gasteiger partial charge in [0.2, 0.25) is 0 Å². The third-order valence-electron chi connectivity index (χ3n) is 5.13. The van der Waals surface area contributed by atoms with Gasteiger partial charge < -0.3 is 14.2 Å². The van der Waals surface area contributed by atoms with Gasteiger partial charge in [-0.2, -0.15) is 0 Å². The van der Waals surface area contributed by atoms with Crippen LogP contribution < -0.4 is 4.74 Å². The maximum absolute atomic E-state index is 12.7. The van der Waals surface area contributed by atoms with Crippen molar-refractivity contribution < 1.29 is 9.53 Å². The van der Waals surface area contributed by atoms with E-state index in [1.165, 1.54) is 12.0 Å². The lowest BCUT2D eigenvalue weighted by Gasteiger charge is -2.36. The zero-order valence-corrected chi connectivity index (χ0v) is 15.1. The lowest BCUT2D eigenvalue weighted by atomic mass is 9.99. The van der Waals surface area contributed by atoms with Gasteiger partial charge in [0.15, 0.2) is 6.61 Å². The van der Waals surface area contributed by atoms with Crippen molar-refractivity contribution in [3.05, 3.63) is 48.0 Å². The highest BCUT2D eigenvalue weighted by atomic mass is 16.5. The average molecular weight is 341 g/mol. The Balaban J connectivity index is 1.57. The van der Waals surface area contributed by atoms with Gasteiger partial charge in [-0.1, -0.05) is 12.1 Å². The number of amides is 1. The molecule has 1 atom stereocenters. The summed E-state index contributed by atoms with van der Waals surface area (Å²) in [5, 5.41) is 0. The van der Waals surface area contributed by atoms with Crippen molar-refractivity contribution in [2.75, 3.05) is 13.2 Å². The monoisotopic (exact) mass is 341 g/mol. The number of piperidine rings is 1. The summed E-state index contributed by atoms with van der Waals surface area (Å²) in [6.45, 7) is 5.94. The number of benzene rings is 1. The Bertz CT molecular complexity index is 697. The van der Waals surface area contributed by atoms with Crippen molar-refractivity contribution in [2.24, 2.45) is 0 Å². The zero-order chi connectivity index (χ0) is 17.6. The van der Waals surface area contributed by atoms with Crippen LogP contribution in [0.4, 0.5) is 0 Å². The van der Waals surface area contributed by atoms with Gasteiger partial charge in [-0.25, -0.2) is 4.98 Å². The smallest absolute Gasteiger partial charge is 0.260 e. The van der Waals surface area contributed by atoms with Gasteiger partial charge in [-0.05, 0) is 56.7 Å². The molecule has 3 rings (SSSR count). The maximum Gasteiger partial charge on any atom is 0.260 e. The normalized spacial score (nSPS) is 17.5. The molecule has 2 aromatic rings. The van der Waals surface area contributed by atoms with Crippen LogP contribution in [0.2, 0.25) is 0 Å². The van der Waals surface area contributed by atoms with Gasteiger partial charge >= 0.3 is 0 Å². The SMILES string of the molecule is Cc1cccc(OCC(=O)N2CCCC[C@@H]2CCn2ccnc2)c1C. The molecule has 1 fully saturated rings. The van der Waals surface area contributed by atoms with E-state index in [1.54, 1.807) is 6.20 Å². The van der Waals surface area contributed by atoms with Crippen LogP contribution in [-0.2, 0) is 11.3 Å². The first-order chi connectivity index (χ1) is 12.1. The molecule has 5 nitrogen and oxygen atoms in total. The number of nitrogens with zero attached hydrogens (tertiary/aromatic N) is 3. The van der Waals surface area contributed by atoms with E-state index in [2.05, 4.69) is 22.5 Å². The molecule has 0 bridgehead atoms. The first-order valence-corrected chi connectivity index (χ1v) is 9.09. The van der Waals surface area contributed by atoms with Crippen molar-refractivity contribution in [3.63, 3.8) is 0 Å². The molecule has 1 aliphatic heterocycles. The summed E-state index contributed by atoms with van der Waals surface area (Å²) in [6.07, 6.45) is 9.90. The summed E-state index contributed by atoms with van der Waals surface area (Å²) in [5.74, 6) is 0.900. The Hall–Kier alpha value is -2.30. The third-order valence-corrected chi connectivity index (χ3v) is 5.13. The minimum absolute atomic E-state index is 0.0937. The fourth-order valence-corrected chi connectivity index (χ4v) is 3.45. The number of hydrogen-bond donors (Lipinski definition) is 0. The maximum atomic E-state index is 12.7. The van der Waals surface area contributed by atoms with Gasteiger partial charge in [0.1, 0.15) is 5.75 Å². The molecular weight excluding hydrogens is 314 g/mol. The summed E-state index contributed by atoms with van der Waals surface area (Å²) in [4.78, 5) is 18.8. The predicted molar refractivity (Wildman–Crippen MR) is 97.6 cm³/mol. The fourth-order valence-electron chi connectivity index (χ4n) is 3.45. The number of carbonyl (C=O) groups is 1. The zero-order valence-electron chi connectivity index (χ0n) is 15.1. The van der Waals surface area contributed by atoms with Crippen LogP contribution in [0.3, 0.4) is 0 Å². The Kier molecular flexibility index (Phi) is 5.74. The van der Waals surface area contributed by atoms with Crippen LogP contribution in [-0.4, -0.2) is 39.6 Å². The van der Waals surface area contributed by atoms with Gasteiger partial charge in [-0.15, -0.1) is 0 Å².